The second-order valence-electron chi connectivity index (χ2n) is 5.38. The Morgan fingerprint density at radius 1 is 1.04 bits per heavy atom. The highest BCUT2D eigenvalue weighted by Gasteiger charge is 2.25. The number of fused-ring (bicyclic) bond motifs is 3. The largest absolute Gasteiger partial charge is 0.465 e. The first-order valence-corrected chi connectivity index (χ1v) is 7.26. The molecular formula is C17H14N2O6. The summed E-state index contributed by atoms with van der Waals surface area (Å²) in [6, 6.07) is 7.52. The molecule has 0 unspecified atom stereocenters. The fourth-order valence-electron chi connectivity index (χ4n) is 3.00. The fourth-order valence-corrected chi connectivity index (χ4v) is 3.00. The zero-order valence-electron chi connectivity index (χ0n) is 13.7. The van der Waals surface area contributed by atoms with Gasteiger partial charge in [0.25, 0.3) is 5.69 Å². The lowest BCUT2D eigenvalue weighted by Crippen LogP contribution is -2.12. The summed E-state index contributed by atoms with van der Waals surface area (Å²) >= 11 is 0. The molecule has 1 aromatic heterocycles. The summed E-state index contributed by atoms with van der Waals surface area (Å²) in [6.07, 6.45) is 0. The van der Waals surface area contributed by atoms with Crippen LogP contribution in [0.1, 0.15) is 20.7 Å². The lowest BCUT2D eigenvalue weighted by Gasteiger charge is -2.08. The first-order chi connectivity index (χ1) is 11.9. The molecule has 0 saturated heterocycles. The van der Waals surface area contributed by atoms with Gasteiger partial charge in [-0.3, -0.25) is 10.1 Å². The zero-order valence-corrected chi connectivity index (χ0v) is 13.7. The van der Waals surface area contributed by atoms with Crippen LogP contribution in [0.2, 0.25) is 0 Å². The molecule has 0 spiro atoms. The van der Waals surface area contributed by atoms with Gasteiger partial charge in [0.2, 0.25) is 0 Å². The number of methoxy groups -OCH3 is 2. The predicted octanol–water partition coefficient (Wildman–Crippen LogP) is 2.81. The standard InChI is InChI=1S/C17H14N2O6/c1-18-12-6-4-9(19(22)23)8-11(12)14-13(18)7-5-10(16(20)24-2)15(14)17(21)25-3/h4-8H,1-3H3. The molecule has 0 saturated carbocycles. The number of nitro groups is 1. The number of carbonyl (C=O) groups excluding carboxylic acids is 2. The van der Waals surface area contributed by atoms with Crippen LogP contribution in [-0.2, 0) is 16.5 Å². The van der Waals surface area contributed by atoms with E-state index in [1.807, 2.05) is 0 Å². The summed E-state index contributed by atoms with van der Waals surface area (Å²) in [7, 11) is 4.19. The predicted molar refractivity (Wildman–Crippen MR) is 89.8 cm³/mol. The lowest BCUT2D eigenvalue weighted by atomic mass is 10.00. The number of aryl methyl sites for hydroxylation is 1. The highest BCUT2D eigenvalue weighted by molar-refractivity contribution is 6.21. The van der Waals surface area contributed by atoms with Crippen LogP contribution >= 0.6 is 0 Å². The first-order valence-electron chi connectivity index (χ1n) is 7.26. The first kappa shape index (κ1) is 16.4. The number of nitro benzene ring substituents is 1. The molecular weight excluding hydrogens is 328 g/mol. The van der Waals surface area contributed by atoms with Crippen molar-refractivity contribution in [3.05, 3.63) is 51.6 Å². The van der Waals surface area contributed by atoms with E-state index in [-0.39, 0.29) is 16.8 Å². The number of aromatic nitrogens is 1. The molecule has 0 bridgehead atoms. The number of benzene rings is 2. The van der Waals surface area contributed by atoms with Gasteiger partial charge in [0.1, 0.15) is 0 Å². The van der Waals surface area contributed by atoms with Crippen LogP contribution in [0.3, 0.4) is 0 Å². The molecule has 3 aromatic rings. The van der Waals surface area contributed by atoms with Gasteiger partial charge in [-0.2, -0.15) is 0 Å². The molecule has 0 aliphatic carbocycles. The highest BCUT2D eigenvalue weighted by Crippen LogP contribution is 2.35. The summed E-state index contributed by atoms with van der Waals surface area (Å²) in [5.74, 6) is -1.41. The minimum absolute atomic E-state index is 0.0259. The van der Waals surface area contributed by atoms with Crippen LogP contribution in [-0.4, -0.2) is 35.6 Å². The maximum Gasteiger partial charge on any atom is 0.339 e. The average molecular weight is 342 g/mol. The number of rotatable bonds is 3. The van der Waals surface area contributed by atoms with Crippen LogP contribution in [0.5, 0.6) is 0 Å². The smallest absolute Gasteiger partial charge is 0.339 e. The zero-order chi connectivity index (χ0) is 18.3. The molecule has 25 heavy (non-hydrogen) atoms. The van der Waals surface area contributed by atoms with Crippen molar-refractivity contribution in [2.75, 3.05) is 14.2 Å². The van der Waals surface area contributed by atoms with Crippen molar-refractivity contribution in [3.63, 3.8) is 0 Å². The van der Waals surface area contributed by atoms with Crippen LogP contribution < -0.4 is 0 Å². The Morgan fingerprint density at radius 3 is 2.28 bits per heavy atom. The van der Waals surface area contributed by atoms with E-state index in [4.69, 9.17) is 9.47 Å². The van der Waals surface area contributed by atoms with Crippen LogP contribution in [0.4, 0.5) is 5.69 Å². The molecule has 0 aliphatic rings. The summed E-state index contributed by atoms with van der Waals surface area (Å²) in [5, 5.41) is 12.0. The third kappa shape index (κ3) is 2.38. The fraction of sp³-hybridized carbons (Fsp3) is 0.176. The highest BCUT2D eigenvalue weighted by atomic mass is 16.6. The van der Waals surface area contributed by atoms with E-state index in [0.29, 0.717) is 21.8 Å². The Kier molecular flexibility index (Phi) is 3.88. The molecule has 1 heterocycles. The third-order valence-corrected chi connectivity index (χ3v) is 4.16. The van der Waals surface area contributed by atoms with Crippen molar-refractivity contribution in [2.24, 2.45) is 7.05 Å². The van der Waals surface area contributed by atoms with E-state index in [9.17, 15) is 19.7 Å². The Hall–Kier alpha value is -3.42. The molecule has 0 fully saturated rings. The van der Waals surface area contributed by atoms with Crippen LogP contribution in [0, 0.1) is 10.1 Å². The number of carbonyl (C=O) groups is 2. The number of nitrogens with zero attached hydrogens (tertiary/aromatic N) is 2. The van der Waals surface area contributed by atoms with Crippen molar-refractivity contribution in [3.8, 4) is 0 Å². The van der Waals surface area contributed by atoms with Crippen molar-refractivity contribution in [2.45, 2.75) is 0 Å². The number of esters is 2. The van der Waals surface area contributed by atoms with E-state index >= 15 is 0 Å². The number of non-ortho nitro benzene ring substituents is 1. The maximum atomic E-state index is 12.4. The van der Waals surface area contributed by atoms with Gasteiger partial charge in [0, 0.05) is 41.0 Å². The molecule has 128 valence electrons. The van der Waals surface area contributed by atoms with E-state index in [0.717, 1.165) is 0 Å². The van der Waals surface area contributed by atoms with Crippen LogP contribution in [0.15, 0.2) is 30.3 Å². The van der Waals surface area contributed by atoms with Gasteiger partial charge >= 0.3 is 11.9 Å². The third-order valence-electron chi connectivity index (χ3n) is 4.16. The van der Waals surface area contributed by atoms with Gasteiger partial charge in [0.05, 0.1) is 30.3 Å². The minimum Gasteiger partial charge on any atom is -0.465 e. The molecule has 0 radical (unpaired) electrons. The van der Waals surface area contributed by atoms with Gasteiger partial charge in [-0.15, -0.1) is 0 Å². The topological polar surface area (TPSA) is 101 Å². The second-order valence-corrected chi connectivity index (χ2v) is 5.38. The van der Waals surface area contributed by atoms with Crippen molar-refractivity contribution in [1.29, 1.82) is 0 Å². The Bertz CT molecular complexity index is 1050. The van der Waals surface area contributed by atoms with Crippen molar-refractivity contribution in [1.82, 2.24) is 4.57 Å². The van der Waals surface area contributed by atoms with E-state index < -0.39 is 16.9 Å². The van der Waals surface area contributed by atoms with Gasteiger partial charge in [-0.25, -0.2) is 9.59 Å². The molecule has 2 aromatic carbocycles. The number of hydrogen-bond donors (Lipinski definition) is 0. The van der Waals surface area contributed by atoms with Gasteiger partial charge < -0.3 is 14.0 Å². The second kappa shape index (κ2) is 5.90. The quantitative estimate of drug-likeness (QED) is 0.412. The van der Waals surface area contributed by atoms with E-state index in [2.05, 4.69) is 0 Å². The summed E-state index contributed by atoms with van der Waals surface area (Å²) in [5.41, 5.74) is 1.29. The molecule has 0 amide bonds. The summed E-state index contributed by atoms with van der Waals surface area (Å²) < 4.78 is 11.4. The van der Waals surface area contributed by atoms with Gasteiger partial charge in [-0.05, 0) is 18.2 Å². The Morgan fingerprint density at radius 2 is 1.68 bits per heavy atom. The normalized spacial score (nSPS) is 10.8. The van der Waals surface area contributed by atoms with E-state index in [1.165, 1.54) is 32.4 Å². The Balaban J connectivity index is 2.54. The monoisotopic (exact) mass is 342 g/mol. The SMILES string of the molecule is COC(=O)c1ccc2c(c1C(=O)OC)c1cc([N+](=O)[O-])ccc1n2C. The molecule has 8 nitrogen and oxygen atoms in total. The average Bonchev–Trinajstić information content (AvgIpc) is 2.91. The number of ether oxygens (including phenoxy) is 2. The maximum absolute atomic E-state index is 12.4. The molecule has 0 N–H and O–H groups in total. The summed E-state index contributed by atoms with van der Waals surface area (Å²) in [6.45, 7) is 0. The molecule has 0 aliphatic heterocycles. The van der Waals surface area contributed by atoms with Crippen molar-refractivity contribution < 1.29 is 24.0 Å². The van der Waals surface area contributed by atoms with Gasteiger partial charge in [0.15, 0.2) is 0 Å². The Labute approximate surface area is 141 Å². The minimum atomic E-state index is -0.718. The van der Waals surface area contributed by atoms with E-state index in [1.54, 1.807) is 23.7 Å². The molecule has 0 atom stereocenters. The van der Waals surface area contributed by atoms with Gasteiger partial charge in [-0.1, -0.05) is 0 Å². The number of hydrogen-bond acceptors (Lipinski definition) is 6. The van der Waals surface area contributed by atoms with Crippen molar-refractivity contribution >= 4 is 39.4 Å². The molecule has 3 rings (SSSR count). The summed E-state index contributed by atoms with van der Waals surface area (Å²) in [4.78, 5) is 35.0. The lowest BCUT2D eigenvalue weighted by molar-refractivity contribution is -0.384. The van der Waals surface area contributed by atoms with Crippen LogP contribution in [0.25, 0.3) is 21.8 Å². The molecule has 8 heteroatoms.